The van der Waals surface area contributed by atoms with Crippen LogP contribution in [0.4, 0.5) is 0 Å². The van der Waals surface area contributed by atoms with Gasteiger partial charge in [-0.2, -0.15) is 0 Å². The van der Waals surface area contributed by atoms with Crippen LogP contribution in [-0.2, 0) is 12.8 Å². The fourth-order valence-electron chi connectivity index (χ4n) is 3.12. The molecule has 0 heterocycles. The number of rotatable bonds is 9. The first-order chi connectivity index (χ1) is 13.3. The Morgan fingerprint density at radius 2 is 1.21 bits per heavy atom. The molecule has 3 aromatic rings. The van der Waals surface area contributed by atoms with Gasteiger partial charge in [0.1, 0.15) is 0 Å². The number of benzene rings is 3. The van der Waals surface area contributed by atoms with E-state index >= 15 is 0 Å². The summed E-state index contributed by atoms with van der Waals surface area (Å²) in [6.07, 6.45) is 1.99. The van der Waals surface area contributed by atoms with E-state index in [2.05, 4.69) is 59.9 Å². The number of hydrogen-bond donors (Lipinski definition) is 1. The zero-order valence-electron chi connectivity index (χ0n) is 16.5. The van der Waals surface area contributed by atoms with E-state index in [-0.39, 0.29) is 12.4 Å². The van der Waals surface area contributed by atoms with E-state index in [9.17, 15) is 0 Å². The third-order valence-corrected chi connectivity index (χ3v) is 4.69. The molecule has 4 heteroatoms. The smallest absolute Gasteiger partial charge is 0.160 e. The number of nitrogens with one attached hydrogen (secondary N) is 1. The summed E-state index contributed by atoms with van der Waals surface area (Å²) in [6, 6.07) is 25.4. The molecular formula is C24H28ClNO2. The lowest BCUT2D eigenvalue weighted by Crippen LogP contribution is -2.20. The summed E-state index contributed by atoms with van der Waals surface area (Å²) in [7, 11) is 3.33. The van der Waals surface area contributed by atoms with E-state index in [0.29, 0.717) is 0 Å². The van der Waals surface area contributed by atoms with Crippen LogP contribution in [0.15, 0.2) is 72.8 Å². The number of hydrogen-bond acceptors (Lipinski definition) is 3. The molecule has 0 spiro atoms. The molecule has 3 aromatic carbocycles. The molecule has 0 aromatic heterocycles. The summed E-state index contributed by atoms with van der Waals surface area (Å²) in [5.41, 5.74) is 5.12. The second-order valence-corrected chi connectivity index (χ2v) is 6.50. The molecule has 0 aliphatic heterocycles. The van der Waals surface area contributed by atoms with Crippen molar-refractivity contribution >= 4 is 12.4 Å². The molecule has 0 saturated heterocycles. The Hall–Kier alpha value is -2.49. The highest BCUT2D eigenvalue weighted by molar-refractivity contribution is 5.85. The lowest BCUT2D eigenvalue weighted by Gasteiger charge is -2.10. The van der Waals surface area contributed by atoms with E-state index in [1.807, 2.05) is 18.2 Å². The van der Waals surface area contributed by atoms with E-state index in [1.165, 1.54) is 22.3 Å². The molecule has 0 atom stereocenters. The van der Waals surface area contributed by atoms with Gasteiger partial charge in [-0.05, 0) is 60.3 Å². The molecule has 0 fully saturated rings. The van der Waals surface area contributed by atoms with Gasteiger partial charge in [0.2, 0.25) is 0 Å². The Kier molecular flexibility index (Phi) is 8.86. The fourth-order valence-corrected chi connectivity index (χ4v) is 3.12. The van der Waals surface area contributed by atoms with Gasteiger partial charge in [-0.25, -0.2) is 0 Å². The molecule has 1 N–H and O–H groups in total. The van der Waals surface area contributed by atoms with Gasteiger partial charge < -0.3 is 14.8 Å². The van der Waals surface area contributed by atoms with Crippen molar-refractivity contribution in [3.63, 3.8) is 0 Å². The fraction of sp³-hybridized carbons (Fsp3) is 0.250. The van der Waals surface area contributed by atoms with E-state index in [0.717, 1.165) is 37.4 Å². The zero-order chi connectivity index (χ0) is 18.9. The van der Waals surface area contributed by atoms with Crippen molar-refractivity contribution in [2.45, 2.75) is 12.8 Å². The van der Waals surface area contributed by atoms with Crippen LogP contribution in [0, 0.1) is 0 Å². The van der Waals surface area contributed by atoms with Gasteiger partial charge in [-0.15, -0.1) is 12.4 Å². The highest BCUT2D eigenvalue weighted by atomic mass is 35.5. The topological polar surface area (TPSA) is 30.5 Å². The molecule has 148 valence electrons. The monoisotopic (exact) mass is 397 g/mol. The number of halogens is 1. The number of ether oxygens (including phenoxy) is 2. The number of methoxy groups -OCH3 is 2. The van der Waals surface area contributed by atoms with Gasteiger partial charge in [0.25, 0.3) is 0 Å². The molecule has 0 aliphatic carbocycles. The maximum Gasteiger partial charge on any atom is 0.160 e. The van der Waals surface area contributed by atoms with Crippen LogP contribution in [0.1, 0.15) is 11.1 Å². The Labute approximate surface area is 174 Å². The minimum atomic E-state index is 0. The SMILES string of the molecule is COc1ccc(CCNCCc2ccc(-c3ccccc3)cc2)cc1OC.Cl. The Morgan fingerprint density at radius 3 is 1.86 bits per heavy atom. The van der Waals surface area contributed by atoms with Gasteiger partial charge in [0, 0.05) is 0 Å². The molecule has 28 heavy (non-hydrogen) atoms. The van der Waals surface area contributed by atoms with Crippen LogP contribution in [0.3, 0.4) is 0 Å². The first-order valence-corrected chi connectivity index (χ1v) is 9.36. The van der Waals surface area contributed by atoms with Gasteiger partial charge >= 0.3 is 0 Å². The second kappa shape index (κ2) is 11.4. The Balaban J connectivity index is 0.00000280. The molecule has 0 amide bonds. The summed E-state index contributed by atoms with van der Waals surface area (Å²) in [5.74, 6) is 1.56. The quantitative estimate of drug-likeness (QED) is 0.505. The summed E-state index contributed by atoms with van der Waals surface area (Å²) in [6.45, 7) is 1.91. The molecule has 0 unspecified atom stereocenters. The van der Waals surface area contributed by atoms with Crippen molar-refractivity contribution in [2.75, 3.05) is 27.3 Å². The standard InChI is InChI=1S/C24H27NO2.ClH/c1-26-23-13-10-20(18-24(23)27-2)15-17-25-16-14-19-8-11-22(12-9-19)21-6-4-3-5-7-21;/h3-13,18,25H,14-17H2,1-2H3;1H. The average Bonchev–Trinajstić information content (AvgIpc) is 2.74. The first-order valence-electron chi connectivity index (χ1n) is 9.36. The predicted octanol–water partition coefficient (Wildman–Crippen LogP) is 5.17. The van der Waals surface area contributed by atoms with Crippen LogP contribution in [0.5, 0.6) is 11.5 Å². The average molecular weight is 398 g/mol. The van der Waals surface area contributed by atoms with Crippen LogP contribution in [-0.4, -0.2) is 27.3 Å². The molecule has 0 saturated carbocycles. The van der Waals surface area contributed by atoms with Crippen LogP contribution in [0.25, 0.3) is 11.1 Å². The van der Waals surface area contributed by atoms with Crippen molar-refractivity contribution in [2.24, 2.45) is 0 Å². The van der Waals surface area contributed by atoms with E-state index < -0.39 is 0 Å². The third-order valence-electron chi connectivity index (χ3n) is 4.69. The molecular weight excluding hydrogens is 370 g/mol. The molecule has 0 aliphatic rings. The molecule has 0 radical (unpaired) electrons. The van der Waals surface area contributed by atoms with Gasteiger partial charge in [0.15, 0.2) is 11.5 Å². The molecule has 3 nitrogen and oxygen atoms in total. The summed E-state index contributed by atoms with van der Waals surface area (Å²) in [4.78, 5) is 0. The van der Waals surface area contributed by atoms with Crippen molar-refractivity contribution in [3.05, 3.63) is 83.9 Å². The maximum absolute atomic E-state index is 5.36. The minimum Gasteiger partial charge on any atom is -0.493 e. The highest BCUT2D eigenvalue weighted by Crippen LogP contribution is 2.27. The lowest BCUT2D eigenvalue weighted by atomic mass is 10.0. The van der Waals surface area contributed by atoms with Crippen LogP contribution < -0.4 is 14.8 Å². The van der Waals surface area contributed by atoms with Crippen molar-refractivity contribution in [1.82, 2.24) is 5.32 Å². The van der Waals surface area contributed by atoms with E-state index in [1.54, 1.807) is 14.2 Å². The predicted molar refractivity (Wildman–Crippen MR) is 119 cm³/mol. The third kappa shape index (κ3) is 6.01. The highest BCUT2D eigenvalue weighted by Gasteiger charge is 2.04. The van der Waals surface area contributed by atoms with Crippen LogP contribution >= 0.6 is 12.4 Å². The Bertz CT molecular complexity index is 835. The first kappa shape index (κ1) is 21.8. The summed E-state index contributed by atoms with van der Waals surface area (Å²) >= 11 is 0. The zero-order valence-corrected chi connectivity index (χ0v) is 17.3. The minimum absolute atomic E-state index is 0. The second-order valence-electron chi connectivity index (χ2n) is 6.50. The summed E-state index contributed by atoms with van der Waals surface area (Å²) < 4.78 is 10.6. The van der Waals surface area contributed by atoms with Gasteiger partial charge in [-0.3, -0.25) is 0 Å². The Morgan fingerprint density at radius 1 is 0.643 bits per heavy atom. The van der Waals surface area contributed by atoms with Crippen molar-refractivity contribution in [1.29, 1.82) is 0 Å². The van der Waals surface area contributed by atoms with Gasteiger partial charge in [-0.1, -0.05) is 60.7 Å². The molecule has 0 bridgehead atoms. The lowest BCUT2D eigenvalue weighted by molar-refractivity contribution is 0.354. The van der Waals surface area contributed by atoms with Crippen LogP contribution in [0.2, 0.25) is 0 Å². The van der Waals surface area contributed by atoms with Crippen molar-refractivity contribution < 1.29 is 9.47 Å². The summed E-state index contributed by atoms with van der Waals surface area (Å²) in [5, 5.41) is 3.52. The normalized spacial score (nSPS) is 10.2. The van der Waals surface area contributed by atoms with E-state index in [4.69, 9.17) is 9.47 Å². The van der Waals surface area contributed by atoms with Gasteiger partial charge in [0.05, 0.1) is 14.2 Å². The molecule has 3 rings (SSSR count). The maximum atomic E-state index is 5.36. The largest absolute Gasteiger partial charge is 0.493 e. The van der Waals surface area contributed by atoms with Crippen molar-refractivity contribution in [3.8, 4) is 22.6 Å².